The Balaban J connectivity index is 1.64. The number of rotatable bonds is 2. The summed E-state index contributed by atoms with van der Waals surface area (Å²) in [6, 6.07) is 20.4. The number of guanidine groups is 1. The molecule has 3 heterocycles. The van der Waals surface area contributed by atoms with Gasteiger partial charge >= 0.3 is 0 Å². The molecule has 5 rings (SSSR count). The normalized spacial score (nSPS) is 14.0. The molecule has 126 valence electrons. The Kier molecular flexibility index (Phi) is 3.49. The molecule has 26 heavy (non-hydrogen) atoms. The largest absolute Gasteiger partial charge is 0.326 e. The van der Waals surface area contributed by atoms with E-state index in [4.69, 9.17) is 0 Å². The summed E-state index contributed by atoms with van der Waals surface area (Å²) in [5, 5.41) is 5.61. The van der Waals surface area contributed by atoms with E-state index in [-0.39, 0.29) is 0 Å². The van der Waals surface area contributed by atoms with Crippen LogP contribution in [0.4, 0.5) is 11.4 Å². The van der Waals surface area contributed by atoms with Gasteiger partial charge in [0.1, 0.15) is 0 Å². The first kappa shape index (κ1) is 14.8. The van der Waals surface area contributed by atoms with Crippen LogP contribution in [0.25, 0.3) is 21.8 Å². The van der Waals surface area contributed by atoms with Crippen LogP contribution in [0.3, 0.4) is 0 Å². The van der Waals surface area contributed by atoms with Gasteiger partial charge in [0.05, 0.1) is 23.3 Å². The van der Waals surface area contributed by atoms with Crippen molar-refractivity contribution in [3.63, 3.8) is 0 Å². The van der Waals surface area contributed by atoms with Gasteiger partial charge in [0.15, 0.2) is 0 Å². The number of hydrogen-bond donors (Lipinski definition) is 1. The minimum atomic E-state index is 0.766. The molecular weight excluding hydrogens is 322 g/mol. The van der Waals surface area contributed by atoms with Crippen LogP contribution in [0.1, 0.15) is 0 Å². The summed E-state index contributed by atoms with van der Waals surface area (Å²) in [5.74, 6) is 0.865. The molecule has 1 aliphatic rings. The van der Waals surface area contributed by atoms with Crippen molar-refractivity contribution in [2.24, 2.45) is 4.99 Å². The lowest BCUT2D eigenvalue weighted by Crippen LogP contribution is -2.33. The molecule has 0 radical (unpaired) electrons. The molecule has 0 fully saturated rings. The Morgan fingerprint density at radius 2 is 1.65 bits per heavy atom. The fraction of sp³-hybridized carbons (Fsp3) is 0.0952. The van der Waals surface area contributed by atoms with Gasteiger partial charge in [0.25, 0.3) is 0 Å². The average molecular weight is 339 g/mol. The average Bonchev–Trinajstić information content (AvgIpc) is 3.16. The summed E-state index contributed by atoms with van der Waals surface area (Å²) in [4.78, 5) is 16.0. The summed E-state index contributed by atoms with van der Waals surface area (Å²) >= 11 is 0. The van der Waals surface area contributed by atoms with Gasteiger partial charge in [-0.3, -0.25) is 15.0 Å². The van der Waals surface area contributed by atoms with Crippen LogP contribution in [0.2, 0.25) is 0 Å². The molecule has 5 heteroatoms. The van der Waals surface area contributed by atoms with Gasteiger partial charge in [-0.25, -0.2) is 0 Å². The standard InChI is InChI=1S/C21H17N5/c1-2-7-16(8-3-1)25-21-24-12-13-26(21)18-14-15-6-4-10-22-19(15)20-17(18)9-5-11-23-20/h1-11,14H,12-13H2,(H,24,25). The zero-order valence-electron chi connectivity index (χ0n) is 14.1. The second kappa shape index (κ2) is 6.11. The van der Waals surface area contributed by atoms with Crippen molar-refractivity contribution in [2.45, 2.75) is 0 Å². The molecule has 0 saturated carbocycles. The third-order valence-corrected chi connectivity index (χ3v) is 4.60. The number of aliphatic imine (C=N–C) groups is 1. The highest BCUT2D eigenvalue weighted by Crippen LogP contribution is 2.33. The maximum absolute atomic E-state index is 4.67. The molecule has 4 aromatic rings. The minimum Gasteiger partial charge on any atom is -0.326 e. The Hall–Kier alpha value is -3.47. The van der Waals surface area contributed by atoms with Crippen LogP contribution in [0, 0.1) is 0 Å². The number of pyridine rings is 2. The molecular formula is C21H17N5. The maximum atomic E-state index is 4.67. The van der Waals surface area contributed by atoms with Gasteiger partial charge in [0.2, 0.25) is 5.96 Å². The van der Waals surface area contributed by atoms with Crippen molar-refractivity contribution in [1.29, 1.82) is 0 Å². The predicted octanol–water partition coefficient (Wildman–Crippen LogP) is 4.07. The zero-order valence-corrected chi connectivity index (χ0v) is 14.1. The van der Waals surface area contributed by atoms with Crippen molar-refractivity contribution >= 4 is 39.1 Å². The molecule has 1 aliphatic heterocycles. The summed E-state index contributed by atoms with van der Waals surface area (Å²) in [5.41, 5.74) is 3.99. The lowest BCUT2D eigenvalue weighted by atomic mass is 10.1. The Labute approximate surface area is 151 Å². The van der Waals surface area contributed by atoms with Gasteiger partial charge < -0.3 is 10.2 Å². The Morgan fingerprint density at radius 1 is 0.846 bits per heavy atom. The van der Waals surface area contributed by atoms with Gasteiger partial charge in [0, 0.05) is 35.4 Å². The van der Waals surface area contributed by atoms with Crippen LogP contribution in [-0.4, -0.2) is 29.0 Å². The van der Waals surface area contributed by atoms with E-state index in [2.05, 4.69) is 43.4 Å². The predicted molar refractivity (Wildman–Crippen MR) is 107 cm³/mol. The maximum Gasteiger partial charge on any atom is 0.203 e. The van der Waals surface area contributed by atoms with Crippen LogP contribution < -0.4 is 10.2 Å². The van der Waals surface area contributed by atoms with E-state index in [0.717, 1.165) is 52.2 Å². The lowest BCUT2D eigenvalue weighted by molar-refractivity contribution is 1.02. The summed E-state index contributed by atoms with van der Waals surface area (Å²) in [6.45, 7) is 1.60. The van der Waals surface area contributed by atoms with Crippen molar-refractivity contribution < 1.29 is 0 Å². The number of nitrogens with one attached hydrogen (secondary N) is 1. The molecule has 0 atom stereocenters. The number of para-hydroxylation sites is 1. The first-order valence-corrected chi connectivity index (χ1v) is 8.67. The number of anilines is 2. The number of nitrogens with zero attached hydrogens (tertiary/aromatic N) is 4. The minimum absolute atomic E-state index is 0.766. The summed E-state index contributed by atoms with van der Waals surface area (Å²) in [7, 11) is 0. The van der Waals surface area contributed by atoms with E-state index >= 15 is 0 Å². The quantitative estimate of drug-likeness (QED) is 0.559. The smallest absolute Gasteiger partial charge is 0.203 e. The number of aromatic nitrogens is 2. The number of fused-ring (bicyclic) bond motifs is 3. The van der Waals surface area contributed by atoms with Crippen LogP contribution in [-0.2, 0) is 0 Å². The van der Waals surface area contributed by atoms with E-state index in [0.29, 0.717) is 0 Å². The number of hydrogen-bond acceptors (Lipinski definition) is 5. The monoisotopic (exact) mass is 339 g/mol. The Morgan fingerprint density at radius 3 is 2.54 bits per heavy atom. The van der Waals surface area contributed by atoms with Gasteiger partial charge in [-0.15, -0.1) is 0 Å². The van der Waals surface area contributed by atoms with Crippen molar-refractivity contribution in [3.8, 4) is 0 Å². The highest BCUT2D eigenvalue weighted by atomic mass is 15.3. The fourth-order valence-corrected chi connectivity index (χ4v) is 3.42. The van der Waals surface area contributed by atoms with Crippen LogP contribution in [0.5, 0.6) is 0 Å². The first-order valence-electron chi connectivity index (χ1n) is 8.67. The van der Waals surface area contributed by atoms with E-state index in [9.17, 15) is 0 Å². The van der Waals surface area contributed by atoms with Crippen molar-refractivity contribution in [3.05, 3.63) is 73.1 Å². The van der Waals surface area contributed by atoms with Gasteiger partial charge in [-0.1, -0.05) is 24.3 Å². The number of benzene rings is 2. The second-order valence-corrected chi connectivity index (χ2v) is 6.22. The van der Waals surface area contributed by atoms with Crippen molar-refractivity contribution in [2.75, 3.05) is 23.3 Å². The summed E-state index contributed by atoms with van der Waals surface area (Å²) in [6.07, 6.45) is 3.64. The molecule has 0 aliphatic carbocycles. The fourth-order valence-electron chi connectivity index (χ4n) is 3.42. The first-order chi connectivity index (χ1) is 12.9. The van der Waals surface area contributed by atoms with Crippen molar-refractivity contribution in [1.82, 2.24) is 9.97 Å². The second-order valence-electron chi connectivity index (χ2n) is 6.22. The molecule has 5 nitrogen and oxygen atoms in total. The van der Waals surface area contributed by atoms with Crippen LogP contribution >= 0.6 is 0 Å². The highest BCUT2D eigenvalue weighted by molar-refractivity contribution is 6.16. The molecule has 2 aromatic carbocycles. The summed E-state index contributed by atoms with van der Waals surface area (Å²) < 4.78 is 0. The van der Waals surface area contributed by atoms with E-state index in [1.165, 1.54) is 0 Å². The highest BCUT2D eigenvalue weighted by Gasteiger charge is 2.22. The Bertz CT molecular complexity index is 1120. The van der Waals surface area contributed by atoms with E-state index < -0.39 is 0 Å². The zero-order chi connectivity index (χ0) is 17.3. The molecule has 0 spiro atoms. The third-order valence-electron chi connectivity index (χ3n) is 4.60. The molecule has 2 aromatic heterocycles. The van der Waals surface area contributed by atoms with Gasteiger partial charge in [-0.05, 0) is 36.4 Å². The van der Waals surface area contributed by atoms with Gasteiger partial charge in [-0.2, -0.15) is 0 Å². The SMILES string of the molecule is c1ccc(NC2=NCCN2c2cc3cccnc3c3ncccc23)cc1. The van der Waals surface area contributed by atoms with E-state index in [1.807, 2.05) is 54.9 Å². The third kappa shape index (κ3) is 2.45. The lowest BCUT2D eigenvalue weighted by Gasteiger charge is -2.23. The molecule has 0 bridgehead atoms. The molecule has 0 unspecified atom stereocenters. The van der Waals surface area contributed by atoms with Crippen LogP contribution in [0.15, 0.2) is 78.0 Å². The van der Waals surface area contributed by atoms with E-state index in [1.54, 1.807) is 0 Å². The molecule has 0 amide bonds. The molecule has 0 saturated heterocycles. The molecule has 1 N–H and O–H groups in total. The topological polar surface area (TPSA) is 53.4 Å².